The maximum atomic E-state index is 14.1. The third-order valence-electron chi connectivity index (χ3n) is 5.89. The molecule has 5 unspecified atom stereocenters. The van der Waals surface area contributed by atoms with E-state index in [9.17, 15) is 22.0 Å². The van der Waals surface area contributed by atoms with Crippen LogP contribution in [-0.2, 0) is 4.74 Å². The van der Waals surface area contributed by atoms with E-state index in [-0.39, 0.29) is 11.5 Å². The van der Waals surface area contributed by atoms with Gasteiger partial charge in [-0.2, -0.15) is 13.2 Å². The Hall–Kier alpha value is -2.08. The molecule has 178 valence electrons. The summed E-state index contributed by atoms with van der Waals surface area (Å²) in [5, 5.41) is 9.05. The molecule has 0 radical (unpaired) electrons. The average Bonchev–Trinajstić information content (AvgIpc) is 2.96. The molecule has 1 aromatic carbocycles. The summed E-state index contributed by atoms with van der Waals surface area (Å²) in [6.07, 6.45) is -6.14. The Labute approximate surface area is 182 Å². The van der Waals surface area contributed by atoms with Gasteiger partial charge >= 0.3 is 6.18 Å². The molecule has 3 rings (SSSR count). The molecule has 0 aliphatic carbocycles. The van der Waals surface area contributed by atoms with Crippen LogP contribution in [-0.4, -0.2) is 74.0 Å². The predicted octanol–water partition coefficient (Wildman–Crippen LogP) is 2.04. The highest BCUT2D eigenvalue weighted by Gasteiger charge is 2.40. The van der Waals surface area contributed by atoms with Gasteiger partial charge in [-0.05, 0) is 24.6 Å². The Balaban J connectivity index is 1.56. The first-order valence-corrected chi connectivity index (χ1v) is 10.3. The highest BCUT2D eigenvalue weighted by atomic mass is 19.4. The third-order valence-corrected chi connectivity index (χ3v) is 5.89. The second-order valence-corrected chi connectivity index (χ2v) is 8.91. The summed E-state index contributed by atoms with van der Waals surface area (Å²) >= 11 is 0. The number of aliphatic hydroxyl groups is 1. The molecule has 6 nitrogen and oxygen atoms in total. The van der Waals surface area contributed by atoms with E-state index < -0.39 is 42.6 Å². The minimum atomic E-state index is -4.72. The topological polar surface area (TPSA) is 93.9 Å². The van der Waals surface area contributed by atoms with Crippen LogP contribution >= 0.6 is 0 Å². The molecule has 11 heteroatoms. The van der Waals surface area contributed by atoms with E-state index in [4.69, 9.17) is 21.3 Å². The van der Waals surface area contributed by atoms with Crippen LogP contribution in [0.5, 0.6) is 0 Å². The molecule has 2 aliphatic rings. The monoisotopic (exact) mass is 463 g/mol. The minimum absolute atomic E-state index is 0.0408. The van der Waals surface area contributed by atoms with Gasteiger partial charge in [-0.1, -0.05) is 0 Å². The van der Waals surface area contributed by atoms with Gasteiger partial charge in [-0.15, -0.1) is 0 Å². The molecule has 1 fully saturated rings. The lowest BCUT2D eigenvalue weighted by Gasteiger charge is -2.39. The molecule has 0 aromatic heterocycles. The molecule has 32 heavy (non-hydrogen) atoms. The zero-order chi connectivity index (χ0) is 23.7. The number of ether oxygens (including phenoxy) is 1. The summed E-state index contributed by atoms with van der Waals surface area (Å²) in [5.74, 6) is -1.09. The molecule has 0 saturated carbocycles. The summed E-state index contributed by atoms with van der Waals surface area (Å²) in [5.41, 5.74) is 13.6. The smallest absolute Gasteiger partial charge is 0.397 e. The van der Waals surface area contributed by atoms with Crippen molar-refractivity contribution in [3.8, 4) is 0 Å². The number of alkyl halides is 3. The van der Waals surface area contributed by atoms with Crippen molar-refractivity contribution in [1.29, 1.82) is 0 Å². The van der Waals surface area contributed by atoms with Crippen molar-refractivity contribution in [3.05, 3.63) is 46.7 Å². The van der Waals surface area contributed by atoms with E-state index in [2.05, 4.69) is 4.99 Å². The van der Waals surface area contributed by atoms with Crippen LogP contribution in [0, 0.1) is 17.6 Å². The fourth-order valence-corrected chi connectivity index (χ4v) is 4.44. The number of halogens is 5. The van der Waals surface area contributed by atoms with Crippen molar-refractivity contribution in [2.75, 3.05) is 39.8 Å². The van der Waals surface area contributed by atoms with Crippen molar-refractivity contribution in [3.63, 3.8) is 0 Å². The van der Waals surface area contributed by atoms with Gasteiger partial charge in [0, 0.05) is 29.3 Å². The van der Waals surface area contributed by atoms with Crippen molar-refractivity contribution in [2.24, 2.45) is 22.4 Å². The van der Waals surface area contributed by atoms with E-state index >= 15 is 0 Å². The molecular weight excluding hydrogens is 435 g/mol. The molecule has 1 aromatic rings. The van der Waals surface area contributed by atoms with Crippen LogP contribution in [0.15, 0.2) is 34.5 Å². The lowest BCUT2D eigenvalue weighted by Crippen LogP contribution is -2.50. The Morgan fingerprint density at radius 3 is 2.69 bits per heavy atom. The average molecular weight is 463 g/mol. The number of likely N-dealkylation sites (N-methyl/N-ethyl adjacent to an activating group) is 1. The number of nitrogens with zero attached hydrogens (tertiary/aromatic N) is 2. The number of rotatable bonds is 6. The Kier molecular flexibility index (Phi) is 7.23. The zero-order valence-electron chi connectivity index (χ0n) is 17.7. The largest absolute Gasteiger partial charge is 0.416 e. The van der Waals surface area contributed by atoms with Gasteiger partial charge in [0.05, 0.1) is 32.4 Å². The molecule has 2 aliphatic heterocycles. The summed E-state index contributed by atoms with van der Waals surface area (Å²) < 4.78 is 71.1. The van der Waals surface area contributed by atoms with Crippen LogP contribution < -0.4 is 11.5 Å². The van der Waals surface area contributed by atoms with Gasteiger partial charge in [0.25, 0.3) is 0 Å². The predicted molar refractivity (Wildman–Crippen MR) is 109 cm³/mol. The van der Waals surface area contributed by atoms with Crippen molar-refractivity contribution in [2.45, 2.75) is 30.8 Å². The van der Waals surface area contributed by atoms with E-state index in [0.717, 1.165) is 18.2 Å². The lowest BCUT2D eigenvalue weighted by molar-refractivity contribution is -0.898. The van der Waals surface area contributed by atoms with Crippen LogP contribution in [0.1, 0.15) is 18.1 Å². The molecule has 5 atom stereocenters. The highest BCUT2D eigenvalue weighted by Crippen LogP contribution is 2.34. The first kappa shape index (κ1) is 24.6. The number of aliphatic hydroxyl groups excluding tert-OH is 1. The van der Waals surface area contributed by atoms with E-state index in [1.165, 1.54) is 6.21 Å². The maximum absolute atomic E-state index is 14.1. The fourth-order valence-electron chi connectivity index (χ4n) is 4.44. The summed E-state index contributed by atoms with van der Waals surface area (Å²) in [6.45, 7) is 1.11. The second kappa shape index (κ2) is 9.42. The van der Waals surface area contributed by atoms with Gasteiger partial charge in [-0.3, -0.25) is 4.99 Å². The second-order valence-electron chi connectivity index (χ2n) is 8.91. The first-order valence-electron chi connectivity index (χ1n) is 10.3. The van der Waals surface area contributed by atoms with Crippen LogP contribution in [0.2, 0.25) is 0 Å². The van der Waals surface area contributed by atoms with Gasteiger partial charge < -0.3 is 25.8 Å². The molecule has 1 saturated heterocycles. The maximum Gasteiger partial charge on any atom is 0.416 e. The number of aliphatic imine (C=N–C) groups is 1. The zero-order valence-corrected chi connectivity index (χ0v) is 17.7. The molecule has 0 spiro atoms. The minimum Gasteiger partial charge on any atom is -0.397 e. The first-order chi connectivity index (χ1) is 14.9. The van der Waals surface area contributed by atoms with Crippen LogP contribution in [0.3, 0.4) is 0 Å². The number of benzene rings is 1. The van der Waals surface area contributed by atoms with Gasteiger partial charge in [0.1, 0.15) is 30.8 Å². The quantitative estimate of drug-likeness (QED) is 0.342. The van der Waals surface area contributed by atoms with E-state index in [1.54, 1.807) is 0 Å². The molecule has 2 heterocycles. The Morgan fingerprint density at radius 2 is 2.03 bits per heavy atom. The van der Waals surface area contributed by atoms with E-state index in [0.29, 0.717) is 48.4 Å². The standard InChI is InChI=1S/C21H28F5N4O2/c1-30(9-13(18(28)10-30)6-29-7-19(31)21(24,25)26)8-12-4-17(27)20(32-11-12)15-5-14(22)2-3-16(15)23/h2-3,5-6,12,17,19-20,31H,4,7-11,27-28H2,1H3/q+1. The summed E-state index contributed by atoms with van der Waals surface area (Å²) in [4.78, 5) is 3.70. The normalized spacial score (nSPS) is 30.3. The lowest BCUT2D eigenvalue weighted by atomic mass is 9.89. The SMILES string of the molecule is C[N+]1(CC2COC(c3cc(F)ccc3F)C(N)C2)CC(N)=C(C=NCC(O)C(F)(F)F)C1. The number of hydrogen-bond donors (Lipinski definition) is 3. The van der Waals surface area contributed by atoms with Crippen molar-refractivity contribution in [1.82, 2.24) is 0 Å². The summed E-state index contributed by atoms with van der Waals surface area (Å²) in [6, 6.07) is 2.67. The Bertz CT molecular complexity index is 891. The molecule has 0 amide bonds. The third kappa shape index (κ3) is 5.83. The molecule has 5 N–H and O–H groups in total. The number of quaternary nitrogens is 1. The van der Waals surface area contributed by atoms with Gasteiger partial charge in [0.2, 0.25) is 0 Å². The number of nitrogens with two attached hydrogens (primary N) is 2. The molecule has 0 bridgehead atoms. The number of hydrogen-bond acceptors (Lipinski definition) is 5. The highest BCUT2D eigenvalue weighted by molar-refractivity contribution is 5.80. The van der Waals surface area contributed by atoms with Crippen LogP contribution in [0.4, 0.5) is 22.0 Å². The molecular formula is C21H28F5N4O2+. The fraction of sp³-hybridized carbons (Fsp3) is 0.571. The summed E-state index contributed by atoms with van der Waals surface area (Å²) in [7, 11) is 1.96. The van der Waals surface area contributed by atoms with Crippen LogP contribution in [0.25, 0.3) is 0 Å². The Morgan fingerprint density at radius 1 is 1.31 bits per heavy atom. The van der Waals surface area contributed by atoms with Crippen molar-refractivity contribution >= 4 is 6.21 Å². The van der Waals surface area contributed by atoms with E-state index in [1.807, 2.05) is 7.05 Å². The van der Waals surface area contributed by atoms with Gasteiger partial charge in [0.15, 0.2) is 6.10 Å². The van der Waals surface area contributed by atoms with Crippen molar-refractivity contribution < 1.29 is 36.3 Å². The van der Waals surface area contributed by atoms with Gasteiger partial charge in [-0.25, -0.2) is 8.78 Å².